The molecule has 0 unspecified atom stereocenters. The van der Waals surface area contributed by atoms with Gasteiger partial charge in [0.1, 0.15) is 23.1 Å². The Bertz CT molecular complexity index is 1550. The third-order valence-corrected chi connectivity index (χ3v) is 5.75. The number of hydrogen-bond donors (Lipinski definition) is 0. The number of benzene rings is 4. The van der Waals surface area contributed by atoms with Crippen molar-refractivity contribution in [2.75, 3.05) is 6.61 Å². The lowest BCUT2D eigenvalue weighted by Gasteiger charge is -2.19. The molecule has 0 saturated carbocycles. The molecule has 4 aromatic carbocycles. The van der Waals surface area contributed by atoms with E-state index in [0.29, 0.717) is 41.7 Å². The second-order valence-corrected chi connectivity index (χ2v) is 8.69. The smallest absolute Gasteiger partial charge is 0.429 e. The zero-order valence-electron chi connectivity index (χ0n) is 21.0. The van der Waals surface area contributed by atoms with Crippen LogP contribution in [0.25, 0.3) is 11.1 Å². The number of unbranched alkanes of at least 4 members (excludes halogenated alkanes) is 1. The Hall–Kier alpha value is -4.45. The van der Waals surface area contributed by atoms with Crippen LogP contribution in [0.4, 0.5) is 30.7 Å². The number of rotatable bonds is 8. The quantitative estimate of drug-likeness (QED) is 0.0932. The van der Waals surface area contributed by atoms with Crippen LogP contribution in [0.3, 0.4) is 0 Å². The molecule has 0 aliphatic carbocycles. The summed E-state index contributed by atoms with van der Waals surface area (Å²) in [6.07, 6.45) is -2.27. The van der Waals surface area contributed by atoms with E-state index >= 15 is 0 Å². The molecule has 0 spiro atoms. The van der Waals surface area contributed by atoms with Crippen LogP contribution in [0, 0.1) is 40.9 Å². The van der Waals surface area contributed by atoms with Crippen molar-refractivity contribution in [2.24, 2.45) is 0 Å². The number of hydrogen-bond acceptors (Lipinski definition) is 2. The number of alkyl halides is 2. The summed E-state index contributed by atoms with van der Waals surface area (Å²) < 4.78 is 109. The Balaban J connectivity index is 1.48. The van der Waals surface area contributed by atoms with Crippen molar-refractivity contribution in [1.29, 1.82) is 0 Å². The van der Waals surface area contributed by atoms with E-state index < -0.39 is 46.5 Å². The molecule has 4 aromatic rings. The molecule has 4 rings (SSSR count). The van der Waals surface area contributed by atoms with Gasteiger partial charge in [0.15, 0.2) is 17.5 Å². The third-order valence-electron chi connectivity index (χ3n) is 5.75. The van der Waals surface area contributed by atoms with Gasteiger partial charge >= 0.3 is 6.11 Å². The molecule has 40 heavy (non-hydrogen) atoms. The van der Waals surface area contributed by atoms with Crippen molar-refractivity contribution in [3.8, 4) is 34.5 Å². The van der Waals surface area contributed by atoms with Gasteiger partial charge in [-0.25, -0.2) is 22.0 Å². The first-order valence-corrected chi connectivity index (χ1v) is 12.1. The van der Waals surface area contributed by atoms with Crippen molar-refractivity contribution < 1.29 is 40.2 Å². The molecule has 0 aliphatic heterocycles. The standard InChI is InChI=1S/C31H21F7O2/c1-2-3-14-39-23-10-6-20(7-11-23)22-9-13-25(27(33)17-22)31(37,38)40-24-12-8-21(26(32)18-24)5-4-19-15-28(34)30(36)29(35)16-19/h6-13,15-18H,2-3,14H2,1H3. The molecule has 0 heterocycles. The highest BCUT2D eigenvalue weighted by Gasteiger charge is 2.38. The molecule has 0 fully saturated rings. The van der Waals surface area contributed by atoms with Crippen molar-refractivity contribution in [3.63, 3.8) is 0 Å². The maximum absolute atomic E-state index is 14.8. The van der Waals surface area contributed by atoms with E-state index in [4.69, 9.17) is 4.74 Å². The summed E-state index contributed by atoms with van der Waals surface area (Å²) in [4.78, 5) is 0. The summed E-state index contributed by atoms with van der Waals surface area (Å²) in [6, 6.07) is 13.7. The van der Waals surface area contributed by atoms with E-state index in [-0.39, 0.29) is 11.1 Å². The summed E-state index contributed by atoms with van der Waals surface area (Å²) in [5.41, 5.74) is -0.689. The molecule has 0 amide bonds. The average Bonchev–Trinajstić information content (AvgIpc) is 2.91. The lowest BCUT2D eigenvalue weighted by atomic mass is 10.0. The minimum Gasteiger partial charge on any atom is -0.494 e. The molecule has 9 heteroatoms. The summed E-state index contributed by atoms with van der Waals surface area (Å²) in [5, 5.41) is 0. The van der Waals surface area contributed by atoms with E-state index in [0.717, 1.165) is 37.1 Å². The van der Waals surface area contributed by atoms with Crippen molar-refractivity contribution >= 4 is 0 Å². The fraction of sp³-hybridized carbons (Fsp3) is 0.161. The van der Waals surface area contributed by atoms with Gasteiger partial charge in [0.25, 0.3) is 0 Å². The first kappa shape index (κ1) is 28.6. The molecule has 2 nitrogen and oxygen atoms in total. The van der Waals surface area contributed by atoms with Gasteiger partial charge < -0.3 is 9.47 Å². The van der Waals surface area contributed by atoms with E-state index in [1.54, 1.807) is 24.3 Å². The Labute approximate surface area is 226 Å². The Morgan fingerprint density at radius 1 is 0.675 bits per heavy atom. The van der Waals surface area contributed by atoms with Crippen LogP contribution in [0.5, 0.6) is 11.5 Å². The Morgan fingerprint density at radius 3 is 1.95 bits per heavy atom. The summed E-state index contributed by atoms with van der Waals surface area (Å²) in [7, 11) is 0. The van der Waals surface area contributed by atoms with Crippen LogP contribution < -0.4 is 9.47 Å². The van der Waals surface area contributed by atoms with Gasteiger partial charge in [0, 0.05) is 11.6 Å². The first-order chi connectivity index (χ1) is 19.1. The van der Waals surface area contributed by atoms with Crippen molar-refractivity contribution in [2.45, 2.75) is 25.9 Å². The van der Waals surface area contributed by atoms with Crippen LogP contribution in [0.15, 0.2) is 72.8 Å². The molecule has 0 aliphatic rings. The fourth-order valence-electron chi connectivity index (χ4n) is 3.64. The van der Waals surface area contributed by atoms with E-state index in [1.807, 2.05) is 6.92 Å². The van der Waals surface area contributed by atoms with Gasteiger partial charge in [-0.3, -0.25) is 0 Å². The van der Waals surface area contributed by atoms with Crippen LogP contribution in [-0.2, 0) is 6.11 Å². The zero-order valence-corrected chi connectivity index (χ0v) is 21.0. The van der Waals surface area contributed by atoms with Crippen LogP contribution in [-0.4, -0.2) is 6.61 Å². The van der Waals surface area contributed by atoms with Gasteiger partial charge in [-0.1, -0.05) is 43.4 Å². The predicted molar refractivity (Wildman–Crippen MR) is 135 cm³/mol. The normalized spacial score (nSPS) is 11.1. The molecule has 0 radical (unpaired) electrons. The highest BCUT2D eigenvalue weighted by Crippen LogP contribution is 2.35. The molecular weight excluding hydrogens is 537 g/mol. The van der Waals surface area contributed by atoms with Crippen LogP contribution in [0.2, 0.25) is 0 Å². The molecule has 206 valence electrons. The molecule has 0 saturated heterocycles. The Morgan fingerprint density at radius 2 is 1.32 bits per heavy atom. The largest absolute Gasteiger partial charge is 0.494 e. The van der Waals surface area contributed by atoms with Gasteiger partial charge in [-0.2, -0.15) is 8.78 Å². The van der Waals surface area contributed by atoms with Gasteiger partial charge in [0.05, 0.1) is 17.7 Å². The number of halogens is 7. The fourth-order valence-corrected chi connectivity index (χ4v) is 3.64. The average molecular weight is 558 g/mol. The van der Waals surface area contributed by atoms with Crippen LogP contribution >= 0.6 is 0 Å². The predicted octanol–water partition coefficient (Wildman–Crippen LogP) is 8.76. The highest BCUT2D eigenvalue weighted by atomic mass is 19.3. The molecule has 0 N–H and O–H groups in total. The maximum atomic E-state index is 14.8. The van der Waals surface area contributed by atoms with Gasteiger partial charge in [-0.15, -0.1) is 0 Å². The SMILES string of the molecule is CCCCOc1ccc(-c2ccc(C(F)(F)Oc3ccc(C#Cc4cc(F)c(F)c(F)c4)c(F)c3)c(F)c2)cc1. The monoisotopic (exact) mass is 558 g/mol. The molecule has 0 bridgehead atoms. The van der Waals surface area contributed by atoms with E-state index in [2.05, 4.69) is 16.6 Å². The molecule has 0 atom stereocenters. The summed E-state index contributed by atoms with van der Waals surface area (Å²) >= 11 is 0. The minimum atomic E-state index is -4.15. The molecular formula is C31H21F7O2. The van der Waals surface area contributed by atoms with E-state index in [1.165, 1.54) is 6.07 Å². The third kappa shape index (κ3) is 6.75. The van der Waals surface area contributed by atoms with Gasteiger partial charge in [-0.05, 0) is 66.1 Å². The minimum absolute atomic E-state index is 0.266. The summed E-state index contributed by atoms with van der Waals surface area (Å²) in [6.45, 7) is 2.60. The second kappa shape index (κ2) is 12.2. The van der Waals surface area contributed by atoms with Crippen LogP contribution in [0.1, 0.15) is 36.5 Å². The maximum Gasteiger partial charge on any atom is 0.429 e. The Kier molecular flexibility index (Phi) is 8.68. The lowest BCUT2D eigenvalue weighted by molar-refractivity contribution is -0.187. The summed E-state index contributed by atoms with van der Waals surface area (Å²) in [5.74, 6) is -2.36. The first-order valence-electron chi connectivity index (χ1n) is 12.1. The van der Waals surface area contributed by atoms with Crippen molar-refractivity contribution in [1.82, 2.24) is 0 Å². The number of ether oxygens (including phenoxy) is 2. The molecule has 0 aromatic heterocycles. The second-order valence-electron chi connectivity index (χ2n) is 8.69. The van der Waals surface area contributed by atoms with Gasteiger partial charge in [0.2, 0.25) is 0 Å². The lowest BCUT2D eigenvalue weighted by Crippen LogP contribution is -2.23. The van der Waals surface area contributed by atoms with Crippen molar-refractivity contribution in [3.05, 3.63) is 119 Å². The zero-order chi connectivity index (χ0) is 28.9. The van der Waals surface area contributed by atoms with E-state index in [9.17, 15) is 30.7 Å². The highest BCUT2D eigenvalue weighted by molar-refractivity contribution is 5.64. The topological polar surface area (TPSA) is 18.5 Å².